The third-order valence-electron chi connectivity index (χ3n) is 6.42. The second-order valence-corrected chi connectivity index (χ2v) is 9.34. The van der Waals surface area contributed by atoms with Crippen LogP contribution in [0.4, 0.5) is 11.4 Å². The molecule has 2 N–H and O–H groups in total. The Morgan fingerprint density at radius 3 is 2.50 bits per heavy atom. The number of Topliss-reactive ketones (excluding diaryl/α,β-unsaturated/α-hetero) is 1. The Hall–Kier alpha value is -4.32. The number of anilines is 1. The topological polar surface area (TPSA) is 132 Å². The highest BCUT2D eigenvalue weighted by molar-refractivity contribution is 6.02. The molecule has 172 valence electrons. The lowest BCUT2D eigenvalue weighted by molar-refractivity contribution is -0.385. The molecule has 2 aromatic rings. The maximum Gasteiger partial charge on any atom is 0.277 e. The van der Waals surface area contributed by atoms with Gasteiger partial charge in [0.05, 0.1) is 28.5 Å². The lowest BCUT2D eigenvalue weighted by atomic mass is 9.68. The van der Waals surface area contributed by atoms with Gasteiger partial charge in [-0.05, 0) is 30.0 Å². The van der Waals surface area contributed by atoms with Crippen LogP contribution in [0.5, 0.6) is 11.5 Å². The predicted octanol–water partition coefficient (Wildman–Crippen LogP) is 4.26. The molecule has 0 unspecified atom stereocenters. The number of carbonyl (C=O) groups excluding carboxylic acids is 1. The summed E-state index contributed by atoms with van der Waals surface area (Å²) in [5, 5.41) is 22.2. The van der Waals surface area contributed by atoms with Gasteiger partial charge in [0.25, 0.3) is 5.69 Å². The van der Waals surface area contributed by atoms with Gasteiger partial charge in [-0.2, -0.15) is 5.26 Å². The second-order valence-electron chi connectivity index (χ2n) is 9.34. The summed E-state index contributed by atoms with van der Waals surface area (Å²) >= 11 is 0. The van der Waals surface area contributed by atoms with Crippen molar-refractivity contribution in [3.8, 4) is 17.6 Å². The van der Waals surface area contributed by atoms with Gasteiger partial charge >= 0.3 is 0 Å². The van der Waals surface area contributed by atoms with Gasteiger partial charge in [-0.1, -0.05) is 32.0 Å². The Bertz CT molecular complexity index is 1340. The van der Waals surface area contributed by atoms with E-state index in [0.29, 0.717) is 29.1 Å². The Morgan fingerprint density at radius 2 is 1.85 bits per heavy atom. The van der Waals surface area contributed by atoms with E-state index < -0.39 is 10.8 Å². The molecule has 2 heterocycles. The van der Waals surface area contributed by atoms with Crippen LogP contribution >= 0.6 is 0 Å². The highest BCUT2D eigenvalue weighted by atomic mass is 16.7. The molecular formula is C25H22N4O5. The van der Waals surface area contributed by atoms with Crippen molar-refractivity contribution in [2.45, 2.75) is 32.6 Å². The SMILES string of the molecule is CC1(C)CC(=O)C2=C(C1)N(c1ccccc1)C(N)=C(C#N)[C@H]2c1cc2c(cc1[N+](=O)[O-])OCO2. The first-order chi connectivity index (χ1) is 16.2. The summed E-state index contributed by atoms with van der Waals surface area (Å²) in [7, 11) is 0. The lowest BCUT2D eigenvalue weighted by Gasteiger charge is -2.43. The Balaban J connectivity index is 1.82. The standard InChI is InChI=1S/C25H22N4O5/c1-25(2)10-18-23(19(30)11-25)22(15-8-20-21(34-13-33-20)9-17(15)29(31)32)16(12-26)24(27)28(18)14-6-4-3-5-7-14/h3-9,22H,10-11,13,27H2,1-2H3/t22-/m1/s1. The van der Waals surface area contributed by atoms with Crippen molar-refractivity contribution >= 4 is 17.2 Å². The molecule has 0 saturated heterocycles. The molecule has 3 aliphatic rings. The number of para-hydroxylation sites is 1. The minimum absolute atomic E-state index is 0.0630. The Kier molecular flexibility index (Phi) is 4.83. The maximum absolute atomic E-state index is 13.6. The number of nitrogens with two attached hydrogens (primary N) is 1. The average Bonchev–Trinajstić information content (AvgIpc) is 3.25. The highest BCUT2D eigenvalue weighted by Gasteiger charge is 2.46. The number of fused-ring (bicyclic) bond motifs is 1. The first-order valence-electron chi connectivity index (χ1n) is 10.8. The van der Waals surface area contributed by atoms with Crippen molar-refractivity contribution in [1.82, 2.24) is 0 Å². The van der Waals surface area contributed by atoms with Gasteiger partial charge in [-0.3, -0.25) is 19.8 Å². The van der Waals surface area contributed by atoms with Crippen LogP contribution in [-0.4, -0.2) is 17.5 Å². The van der Waals surface area contributed by atoms with Crippen LogP contribution in [0, 0.1) is 26.9 Å². The number of nitro groups is 1. The fourth-order valence-electron chi connectivity index (χ4n) is 5.03. The van der Waals surface area contributed by atoms with E-state index in [1.165, 1.54) is 12.1 Å². The van der Waals surface area contributed by atoms with Gasteiger partial charge in [-0.15, -0.1) is 0 Å². The van der Waals surface area contributed by atoms with Crippen LogP contribution in [0.1, 0.15) is 38.2 Å². The molecule has 34 heavy (non-hydrogen) atoms. The van der Waals surface area contributed by atoms with E-state index in [0.717, 1.165) is 0 Å². The van der Waals surface area contributed by atoms with Gasteiger partial charge in [-0.25, -0.2) is 0 Å². The predicted molar refractivity (Wildman–Crippen MR) is 123 cm³/mol. The van der Waals surface area contributed by atoms with Crippen LogP contribution in [0.3, 0.4) is 0 Å². The van der Waals surface area contributed by atoms with Crippen molar-refractivity contribution in [3.63, 3.8) is 0 Å². The number of allylic oxidation sites excluding steroid dienone is 3. The number of ether oxygens (including phenoxy) is 2. The molecule has 0 fully saturated rings. The molecule has 9 heteroatoms. The number of rotatable bonds is 3. The Labute approximate surface area is 195 Å². The fraction of sp³-hybridized carbons (Fsp3) is 0.280. The molecule has 2 aliphatic heterocycles. The minimum Gasteiger partial charge on any atom is -0.454 e. The van der Waals surface area contributed by atoms with Gasteiger partial charge in [0.1, 0.15) is 5.82 Å². The maximum atomic E-state index is 13.6. The number of ketones is 1. The van der Waals surface area contributed by atoms with Crippen LogP contribution in [0.25, 0.3) is 0 Å². The van der Waals surface area contributed by atoms with E-state index >= 15 is 0 Å². The molecule has 0 amide bonds. The molecule has 2 aromatic carbocycles. The highest BCUT2D eigenvalue weighted by Crippen LogP contribution is 2.53. The Morgan fingerprint density at radius 1 is 1.18 bits per heavy atom. The van der Waals surface area contributed by atoms with Crippen molar-refractivity contribution in [3.05, 3.63) is 80.8 Å². The molecule has 0 spiro atoms. The van der Waals surface area contributed by atoms with Crippen molar-refractivity contribution in [2.75, 3.05) is 11.7 Å². The van der Waals surface area contributed by atoms with Crippen LogP contribution in [-0.2, 0) is 4.79 Å². The number of benzene rings is 2. The minimum atomic E-state index is -0.988. The van der Waals surface area contributed by atoms with E-state index in [9.17, 15) is 20.2 Å². The van der Waals surface area contributed by atoms with Gasteiger partial charge in [0.15, 0.2) is 17.3 Å². The zero-order valence-electron chi connectivity index (χ0n) is 18.7. The zero-order chi connectivity index (χ0) is 24.2. The monoisotopic (exact) mass is 458 g/mol. The first kappa shape index (κ1) is 21.5. The van der Waals surface area contributed by atoms with E-state index in [1.54, 1.807) is 4.90 Å². The molecule has 0 aromatic heterocycles. The number of nitrogens with zero attached hydrogens (tertiary/aromatic N) is 3. The molecule has 5 rings (SSSR count). The van der Waals surface area contributed by atoms with Crippen LogP contribution < -0.4 is 20.1 Å². The molecule has 0 radical (unpaired) electrons. The van der Waals surface area contributed by atoms with Gasteiger partial charge < -0.3 is 15.2 Å². The normalized spacial score (nSPS) is 20.8. The summed E-state index contributed by atoms with van der Waals surface area (Å²) < 4.78 is 10.8. The molecule has 9 nitrogen and oxygen atoms in total. The van der Waals surface area contributed by atoms with E-state index in [2.05, 4.69) is 6.07 Å². The third kappa shape index (κ3) is 3.27. The summed E-state index contributed by atoms with van der Waals surface area (Å²) in [5.41, 5.74) is 7.97. The molecule has 1 aliphatic carbocycles. The zero-order valence-corrected chi connectivity index (χ0v) is 18.7. The quantitative estimate of drug-likeness (QED) is 0.533. The van der Waals surface area contributed by atoms with Gasteiger partial charge in [0, 0.05) is 28.9 Å². The number of nitro benzene ring substituents is 1. The number of nitriles is 1. The van der Waals surface area contributed by atoms with E-state index in [-0.39, 0.29) is 52.8 Å². The largest absolute Gasteiger partial charge is 0.454 e. The smallest absolute Gasteiger partial charge is 0.277 e. The number of carbonyl (C=O) groups is 1. The molecule has 1 atom stereocenters. The summed E-state index contributed by atoms with van der Waals surface area (Å²) in [5.74, 6) is -0.427. The van der Waals surface area contributed by atoms with Crippen molar-refractivity contribution in [2.24, 2.45) is 11.1 Å². The fourth-order valence-corrected chi connectivity index (χ4v) is 5.03. The van der Waals surface area contributed by atoms with Crippen molar-refractivity contribution < 1.29 is 19.2 Å². The average molecular weight is 458 g/mol. The third-order valence-corrected chi connectivity index (χ3v) is 6.42. The number of hydrogen-bond acceptors (Lipinski definition) is 8. The lowest BCUT2D eigenvalue weighted by Crippen LogP contribution is -2.42. The summed E-state index contributed by atoms with van der Waals surface area (Å²) in [6.45, 7) is 3.93. The molecule has 0 saturated carbocycles. The van der Waals surface area contributed by atoms with E-state index in [4.69, 9.17) is 15.2 Å². The second kappa shape index (κ2) is 7.63. The summed E-state index contributed by atoms with van der Waals surface area (Å²) in [6.07, 6.45) is 0.763. The number of hydrogen-bond donors (Lipinski definition) is 1. The summed E-state index contributed by atoms with van der Waals surface area (Å²) in [4.78, 5) is 26.8. The summed E-state index contributed by atoms with van der Waals surface area (Å²) in [6, 6.07) is 14.2. The molecule has 0 bridgehead atoms. The van der Waals surface area contributed by atoms with E-state index in [1.807, 2.05) is 44.2 Å². The van der Waals surface area contributed by atoms with Gasteiger partial charge in [0.2, 0.25) is 6.79 Å². The molecular weight excluding hydrogens is 436 g/mol. The first-order valence-corrected chi connectivity index (χ1v) is 10.8. The van der Waals surface area contributed by atoms with Crippen LogP contribution in [0.15, 0.2) is 65.1 Å². The van der Waals surface area contributed by atoms with Crippen LogP contribution in [0.2, 0.25) is 0 Å². The van der Waals surface area contributed by atoms with Crippen molar-refractivity contribution in [1.29, 1.82) is 5.26 Å².